The minimum absolute atomic E-state index is 0.0622. The van der Waals surface area contributed by atoms with E-state index < -0.39 is 17.6 Å². The lowest BCUT2D eigenvalue weighted by atomic mass is 9.85. The highest BCUT2D eigenvalue weighted by atomic mass is 35.5. The molecule has 0 aliphatic carbocycles. The minimum Gasteiger partial charge on any atom is -0.350 e. The maximum atomic E-state index is 14.3. The Morgan fingerprint density at radius 2 is 1.57 bits per heavy atom. The molecule has 10 nitrogen and oxygen atoms in total. The van der Waals surface area contributed by atoms with Gasteiger partial charge in [0.05, 0.1) is 12.7 Å². The van der Waals surface area contributed by atoms with Gasteiger partial charge >= 0.3 is 0 Å². The molecule has 3 aliphatic heterocycles. The molecule has 7 rings (SSSR count). The predicted octanol–water partition coefficient (Wildman–Crippen LogP) is 4.37. The molecule has 2 fully saturated rings. The molecule has 3 heterocycles. The molecule has 1 spiro atoms. The van der Waals surface area contributed by atoms with Crippen molar-refractivity contribution in [1.82, 2.24) is 25.8 Å². The Balaban J connectivity index is 1.06. The number of benzene rings is 4. The van der Waals surface area contributed by atoms with Crippen LogP contribution in [0.1, 0.15) is 40.7 Å². The summed E-state index contributed by atoms with van der Waals surface area (Å²) < 4.78 is 0. The summed E-state index contributed by atoms with van der Waals surface area (Å²) in [4.78, 5) is 61.0. The highest BCUT2D eigenvalue weighted by Gasteiger charge is 2.54. The third-order valence-corrected chi connectivity index (χ3v) is 11.2. The van der Waals surface area contributed by atoms with Gasteiger partial charge in [0.2, 0.25) is 17.7 Å². The van der Waals surface area contributed by atoms with Gasteiger partial charge in [0, 0.05) is 43.3 Å². The number of fused-ring (bicyclic) bond motifs is 1. The third-order valence-electron chi connectivity index (χ3n) is 10.9. The zero-order valence-corrected chi connectivity index (χ0v) is 30.6. The maximum Gasteiger partial charge on any atom is 0.250 e. The fourth-order valence-electron chi connectivity index (χ4n) is 7.84. The highest BCUT2D eigenvalue weighted by molar-refractivity contribution is 6.30. The van der Waals surface area contributed by atoms with Crippen LogP contribution in [0.15, 0.2) is 103 Å². The number of halogens is 1. The summed E-state index contributed by atoms with van der Waals surface area (Å²) in [6.07, 6.45) is 1.61. The molecule has 2 atom stereocenters. The van der Waals surface area contributed by atoms with Crippen LogP contribution in [0, 0.1) is 6.92 Å². The quantitative estimate of drug-likeness (QED) is 0.223. The van der Waals surface area contributed by atoms with Crippen LogP contribution in [-0.2, 0) is 45.1 Å². The second kappa shape index (κ2) is 15.8. The van der Waals surface area contributed by atoms with E-state index in [0.29, 0.717) is 56.9 Å². The molecular weight excluding hydrogens is 688 g/mol. The van der Waals surface area contributed by atoms with Crippen molar-refractivity contribution in [1.29, 1.82) is 0 Å². The van der Waals surface area contributed by atoms with Gasteiger partial charge < -0.3 is 30.7 Å². The van der Waals surface area contributed by atoms with Crippen LogP contribution in [0.3, 0.4) is 0 Å². The molecule has 11 heteroatoms. The van der Waals surface area contributed by atoms with E-state index in [-0.39, 0.29) is 36.8 Å². The van der Waals surface area contributed by atoms with Crippen molar-refractivity contribution in [3.63, 3.8) is 0 Å². The molecule has 4 amide bonds. The second-order valence-electron chi connectivity index (χ2n) is 14.3. The van der Waals surface area contributed by atoms with E-state index in [4.69, 9.17) is 11.6 Å². The van der Waals surface area contributed by atoms with E-state index in [2.05, 4.69) is 26.9 Å². The number of carbonyl (C=O) groups is 4. The number of para-hydroxylation sites is 1. The van der Waals surface area contributed by atoms with E-state index in [0.717, 1.165) is 27.9 Å². The molecule has 0 aromatic heterocycles. The van der Waals surface area contributed by atoms with Crippen LogP contribution < -0.4 is 20.9 Å². The largest absolute Gasteiger partial charge is 0.350 e. The molecule has 3 N–H and O–H groups in total. The van der Waals surface area contributed by atoms with Crippen LogP contribution in [-0.4, -0.2) is 77.4 Å². The normalized spacial score (nSPS) is 18.4. The SMILES string of the molecule is Cc1ccccc1CNC(=O)CN1CN(c2ccccc2)C2(CCN(C(=O)[C@@H](Cc3ccc(Cl)cc3)NC(=O)[C@H]3Cc4ccccc4CN3)CC2)C1=O. The summed E-state index contributed by atoms with van der Waals surface area (Å²) in [7, 11) is 0. The summed E-state index contributed by atoms with van der Waals surface area (Å²) in [6, 6.07) is 31.7. The van der Waals surface area contributed by atoms with E-state index in [1.54, 1.807) is 21.9 Å². The summed E-state index contributed by atoms with van der Waals surface area (Å²) in [6.45, 7) is 3.82. The van der Waals surface area contributed by atoms with Crippen LogP contribution in [0.5, 0.6) is 0 Å². The molecule has 3 aliphatic rings. The van der Waals surface area contributed by atoms with Crippen molar-refractivity contribution in [2.45, 2.75) is 63.3 Å². The van der Waals surface area contributed by atoms with Crippen molar-refractivity contribution in [2.75, 3.05) is 31.2 Å². The van der Waals surface area contributed by atoms with E-state index >= 15 is 0 Å². The number of amides is 4. The molecule has 4 aromatic rings. The number of likely N-dealkylation sites (tertiary alicyclic amines) is 1. The molecule has 2 saturated heterocycles. The zero-order valence-electron chi connectivity index (χ0n) is 29.9. The van der Waals surface area contributed by atoms with Crippen molar-refractivity contribution < 1.29 is 19.2 Å². The Kier molecular flexibility index (Phi) is 10.8. The van der Waals surface area contributed by atoms with Gasteiger partial charge in [-0.2, -0.15) is 0 Å². The summed E-state index contributed by atoms with van der Waals surface area (Å²) in [5.41, 5.74) is 5.25. The van der Waals surface area contributed by atoms with E-state index in [1.165, 1.54) is 5.56 Å². The lowest BCUT2D eigenvalue weighted by Crippen LogP contribution is -2.60. The maximum absolute atomic E-state index is 14.3. The standard InChI is InChI=1S/C42H45ClN6O4/c1-29-9-5-6-11-32(29)25-45-38(50)27-48-28-49(35-13-3-2-4-14-35)42(41(48)53)19-21-47(22-20-42)40(52)37(23-30-15-17-34(43)18-16-30)46-39(51)36-24-31-10-7-8-12-33(31)26-44-36/h2-18,36-37,44H,19-28H2,1H3,(H,45,50)(H,46,51)/t36-,37-/m1/s1. The van der Waals surface area contributed by atoms with Crippen LogP contribution >= 0.6 is 11.6 Å². The lowest BCUT2D eigenvalue weighted by Gasteiger charge is -2.44. The van der Waals surface area contributed by atoms with Crippen molar-refractivity contribution >= 4 is 40.9 Å². The Hall–Kier alpha value is -5.19. The first-order chi connectivity index (χ1) is 25.7. The summed E-state index contributed by atoms with van der Waals surface area (Å²) in [5, 5.41) is 9.99. The number of rotatable bonds is 10. The summed E-state index contributed by atoms with van der Waals surface area (Å²) >= 11 is 6.16. The molecule has 0 unspecified atom stereocenters. The lowest BCUT2D eigenvalue weighted by molar-refractivity contribution is -0.141. The number of carbonyl (C=O) groups excluding carboxylic acids is 4. The molecule has 4 aromatic carbocycles. The Bertz CT molecular complexity index is 1960. The van der Waals surface area contributed by atoms with Crippen LogP contribution in [0.4, 0.5) is 5.69 Å². The Labute approximate surface area is 315 Å². The minimum atomic E-state index is -0.914. The number of hydrogen-bond donors (Lipinski definition) is 3. The molecule has 0 saturated carbocycles. The number of nitrogens with zero attached hydrogens (tertiary/aromatic N) is 3. The van der Waals surface area contributed by atoms with Gasteiger partial charge in [0.15, 0.2) is 0 Å². The zero-order chi connectivity index (χ0) is 37.0. The Morgan fingerprint density at radius 3 is 2.30 bits per heavy atom. The van der Waals surface area contributed by atoms with Gasteiger partial charge in [-0.05, 0) is 78.3 Å². The fourth-order valence-corrected chi connectivity index (χ4v) is 7.97. The van der Waals surface area contributed by atoms with Gasteiger partial charge in [-0.1, -0.05) is 90.5 Å². The average Bonchev–Trinajstić information content (AvgIpc) is 3.44. The molecule has 0 radical (unpaired) electrons. The molecular formula is C42H45ClN6O4. The topological polar surface area (TPSA) is 114 Å². The molecule has 274 valence electrons. The first-order valence-corrected chi connectivity index (χ1v) is 18.6. The Morgan fingerprint density at radius 1 is 0.887 bits per heavy atom. The van der Waals surface area contributed by atoms with Gasteiger partial charge in [-0.15, -0.1) is 0 Å². The first-order valence-electron chi connectivity index (χ1n) is 18.3. The smallest absolute Gasteiger partial charge is 0.250 e. The van der Waals surface area contributed by atoms with Crippen molar-refractivity contribution in [2.24, 2.45) is 0 Å². The summed E-state index contributed by atoms with van der Waals surface area (Å²) in [5.74, 6) is -0.758. The predicted molar refractivity (Wildman–Crippen MR) is 205 cm³/mol. The van der Waals surface area contributed by atoms with Crippen LogP contribution in [0.25, 0.3) is 0 Å². The van der Waals surface area contributed by atoms with Gasteiger partial charge in [-0.25, -0.2) is 0 Å². The average molecular weight is 733 g/mol. The van der Waals surface area contributed by atoms with E-state index in [1.807, 2.05) is 91.9 Å². The monoisotopic (exact) mass is 732 g/mol. The second-order valence-corrected chi connectivity index (χ2v) is 14.7. The number of nitrogens with one attached hydrogen (secondary N) is 3. The third kappa shape index (κ3) is 7.94. The van der Waals surface area contributed by atoms with Gasteiger partial charge in [-0.3, -0.25) is 19.2 Å². The molecule has 53 heavy (non-hydrogen) atoms. The van der Waals surface area contributed by atoms with E-state index in [9.17, 15) is 19.2 Å². The first kappa shape index (κ1) is 36.2. The van der Waals surface area contributed by atoms with Gasteiger partial charge in [0.1, 0.15) is 18.1 Å². The highest BCUT2D eigenvalue weighted by Crippen LogP contribution is 2.39. The number of anilines is 1. The number of aryl methyl sites for hydroxylation is 1. The molecule has 0 bridgehead atoms. The van der Waals surface area contributed by atoms with Crippen LogP contribution in [0.2, 0.25) is 5.02 Å². The fraction of sp³-hybridized carbons (Fsp3) is 0.333. The number of hydrogen-bond acceptors (Lipinski definition) is 6. The number of piperidine rings is 1. The van der Waals surface area contributed by atoms with Gasteiger partial charge in [0.25, 0.3) is 5.91 Å². The van der Waals surface area contributed by atoms with Crippen molar-refractivity contribution in [3.05, 3.63) is 136 Å². The van der Waals surface area contributed by atoms with Crippen molar-refractivity contribution in [3.8, 4) is 0 Å².